The zero-order valence-electron chi connectivity index (χ0n) is 10.0. The van der Waals surface area contributed by atoms with E-state index in [9.17, 15) is 4.39 Å². The summed E-state index contributed by atoms with van der Waals surface area (Å²) in [4.78, 5) is 10.5. The number of anilines is 1. The van der Waals surface area contributed by atoms with Crippen molar-refractivity contribution in [1.29, 1.82) is 0 Å². The van der Waals surface area contributed by atoms with Crippen molar-refractivity contribution in [1.82, 2.24) is 9.97 Å². The molecule has 0 spiro atoms. The first kappa shape index (κ1) is 12.3. The van der Waals surface area contributed by atoms with Crippen molar-refractivity contribution in [3.05, 3.63) is 46.7 Å². The van der Waals surface area contributed by atoms with Crippen LogP contribution in [0.4, 0.5) is 10.1 Å². The summed E-state index contributed by atoms with van der Waals surface area (Å²) in [6.45, 7) is 1.83. The highest BCUT2D eigenvalue weighted by Gasteiger charge is 2.21. The fourth-order valence-electron chi connectivity index (χ4n) is 2.01. The number of nitrogens with zero attached hydrogens (tertiary/aromatic N) is 3. The zero-order chi connectivity index (χ0) is 13.2. The van der Waals surface area contributed by atoms with E-state index in [2.05, 4.69) is 30.8 Å². The second-order valence-corrected chi connectivity index (χ2v) is 5.02. The molecule has 3 rings (SSSR count). The quantitative estimate of drug-likeness (QED) is 0.851. The Morgan fingerprint density at radius 1 is 1.32 bits per heavy atom. The first-order valence-electron chi connectivity index (χ1n) is 5.87. The highest BCUT2D eigenvalue weighted by Crippen LogP contribution is 2.36. The molecule has 0 amide bonds. The Kier molecular flexibility index (Phi) is 3.33. The van der Waals surface area contributed by atoms with Crippen LogP contribution in [-0.2, 0) is 6.54 Å². The third-order valence-corrected chi connectivity index (χ3v) is 3.52. The van der Waals surface area contributed by atoms with Gasteiger partial charge in [-0.05, 0) is 28.1 Å². The first-order chi connectivity index (χ1) is 9.24. The molecule has 6 heteroatoms. The SMILES string of the molecule is Fc1cc2c(cc1Br)N(Cc1ncccn1)CCO2. The van der Waals surface area contributed by atoms with Gasteiger partial charge in [0.15, 0.2) is 0 Å². The van der Waals surface area contributed by atoms with Crippen molar-refractivity contribution in [3.8, 4) is 5.75 Å². The molecule has 0 fully saturated rings. The van der Waals surface area contributed by atoms with Gasteiger partial charge in [0.2, 0.25) is 0 Å². The average Bonchev–Trinajstić information content (AvgIpc) is 2.42. The number of aromatic nitrogens is 2. The van der Waals surface area contributed by atoms with Crippen molar-refractivity contribution in [2.24, 2.45) is 0 Å². The van der Waals surface area contributed by atoms with E-state index in [4.69, 9.17) is 4.74 Å². The second-order valence-electron chi connectivity index (χ2n) is 4.17. The van der Waals surface area contributed by atoms with Crippen LogP contribution in [-0.4, -0.2) is 23.1 Å². The standard InChI is InChI=1S/C13H11BrFN3O/c14-9-6-11-12(7-10(9)15)19-5-4-18(11)8-13-16-2-1-3-17-13/h1-3,6-7H,4-5,8H2. The van der Waals surface area contributed by atoms with Gasteiger partial charge in [0.05, 0.1) is 23.2 Å². The van der Waals surface area contributed by atoms with Crippen LogP contribution in [0, 0.1) is 5.82 Å². The van der Waals surface area contributed by atoms with E-state index < -0.39 is 0 Å². The lowest BCUT2D eigenvalue weighted by molar-refractivity contribution is 0.304. The molecule has 19 heavy (non-hydrogen) atoms. The van der Waals surface area contributed by atoms with Gasteiger partial charge in [0.1, 0.15) is 24.0 Å². The van der Waals surface area contributed by atoms with Crippen LogP contribution < -0.4 is 9.64 Å². The van der Waals surface area contributed by atoms with Crippen molar-refractivity contribution in [2.45, 2.75) is 6.54 Å². The molecule has 2 aromatic rings. The first-order valence-corrected chi connectivity index (χ1v) is 6.66. The minimum atomic E-state index is -0.323. The number of rotatable bonds is 2. The Balaban J connectivity index is 1.92. The van der Waals surface area contributed by atoms with E-state index in [0.717, 1.165) is 18.1 Å². The molecule has 4 nitrogen and oxygen atoms in total. The van der Waals surface area contributed by atoms with E-state index >= 15 is 0 Å². The van der Waals surface area contributed by atoms with Gasteiger partial charge < -0.3 is 9.64 Å². The number of benzene rings is 1. The van der Waals surface area contributed by atoms with Crippen LogP contribution in [0.15, 0.2) is 35.1 Å². The second kappa shape index (κ2) is 5.13. The molecule has 0 aliphatic carbocycles. The van der Waals surface area contributed by atoms with Crippen LogP contribution in [0.5, 0.6) is 5.75 Å². The summed E-state index contributed by atoms with van der Waals surface area (Å²) in [5.41, 5.74) is 0.854. The maximum Gasteiger partial charge on any atom is 0.147 e. The van der Waals surface area contributed by atoms with Crippen LogP contribution in [0.2, 0.25) is 0 Å². The minimum absolute atomic E-state index is 0.323. The monoisotopic (exact) mass is 323 g/mol. The van der Waals surface area contributed by atoms with Crippen LogP contribution in [0.1, 0.15) is 5.82 Å². The van der Waals surface area contributed by atoms with E-state index in [1.54, 1.807) is 24.5 Å². The third-order valence-electron chi connectivity index (χ3n) is 2.91. The van der Waals surface area contributed by atoms with E-state index in [1.165, 1.54) is 6.07 Å². The maximum atomic E-state index is 13.5. The van der Waals surface area contributed by atoms with Gasteiger partial charge in [-0.1, -0.05) is 0 Å². The fraction of sp³-hybridized carbons (Fsp3) is 0.231. The Hall–Kier alpha value is -1.69. The Labute approximate surface area is 118 Å². The summed E-state index contributed by atoms with van der Waals surface area (Å²) < 4.78 is 19.4. The smallest absolute Gasteiger partial charge is 0.147 e. The molecular weight excluding hydrogens is 313 g/mol. The van der Waals surface area contributed by atoms with Gasteiger partial charge in [0, 0.05) is 18.5 Å². The summed E-state index contributed by atoms with van der Waals surface area (Å²) in [5, 5.41) is 0. The van der Waals surface area contributed by atoms with Gasteiger partial charge in [-0.3, -0.25) is 0 Å². The van der Waals surface area contributed by atoms with Gasteiger partial charge in [-0.25, -0.2) is 14.4 Å². The van der Waals surface area contributed by atoms with E-state index in [-0.39, 0.29) is 5.82 Å². The molecule has 0 radical (unpaired) electrons. The van der Waals surface area contributed by atoms with Crippen LogP contribution in [0.3, 0.4) is 0 Å². The van der Waals surface area contributed by atoms with Crippen molar-refractivity contribution >= 4 is 21.6 Å². The van der Waals surface area contributed by atoms with E-state index in [0.29, 0.717) is 23.4 Å². The molecule has 1 aliphatic heterocycles. The molecule has 0 saturated heterocycles. The van der Waals surface area contributed by atoms with Crippen molar-refractivity contribution in [2.75, 3.05) is 18.1 Å². The molecule has 1 aromatic heterocycles. The molecule has 0 bridgehead atoms. The van der Waals surface area contributed by atoms with E-state index in [1.807, 2.05) is 0 Å². The highest BCUT2D eigenvalue weighted by atomic mass is 79.9. The summed E-state index contributed by atoms with van der Waals surface area (Å²) >= 11 is 3.20. The highest BCUT2D eigenvalue weighted by molar-refractivity contribution is 9.10. The van der Waals surface area contributed by atoms with Gasteiger partial charge >= 0.3 is 0 Å². The normalized spacial score (nSPS) is 13.9. The predicted octanol–water partition coefficient (Wildman–Crippen LogP) is 2.78. The van der Waals surface area contributed by atoms with Gasteiger partial charge in [-0.2, -0.15) is 0 Å². The fourth-order valence-corrected chi connectivity index (χ4v) is 2.34. The molecular formula is C13H11BrFN3O. The number of halogens is 2. The number of hydrogen-bond donors (Lipinski definition) is 0. The predicted molar refractivity (Wildman–Crippen MR) is 72.7 cm³/mol. The minimum Gasteiger partial charge on any atom is -0.489 e. The lowest BCUT2D eigenvalue weighted by Crippen LogP contribution is -2.32. The Morgan fingerprint density at radius 3 is 2.89 bits per heavy atom. The maximum absolute atomic E-state index is 13.5. The topological polar surface area (TPSA) is 38.2 Å². The Bertz CT molecular complexity index is 594. The Morgan fingerprint density at radius 2 is 2.11 bits per heavy atom. The van der Waals surface area contributed by atoms with Crippen molar-refractivity contribution in [3.63, 3.8) is 0 Å². The van der Waals surface area contributed by atoms with Crippen LogP contribution >= 0.6 is 15.9 Å². The lowest BCUT2D eigenvalue weighted by Gasteiger charge is -2.30. The summed E-state index contributed by atoms with van der Waals surface area (Å²) in [6, 6.07) is 4.91. The summed E-state index contributed by atoms with van der Waals surface area (Å²) in [5.74, 6) is 0.968. The van der Waals surface area contributed by atoms with Gasteiger partial charge in [-0.15, -0.1) is 0 Å². The van der Waals surface area contributed by atoms with Crippen LogP contribution in [0.25, 0.3) is 0 Å². The number of hydrogen-bond acceptors (Lipinski definition) is 4. The third kappa shape index (κ3) is 2.53. The molecule has 1 aromatic carbocycles. The molecule has 0 atom stereocenters. The zero-order valence-corrected chi connectivity index (χ0v) is 11.6. The lowest BCUT2D eigenvalue weighted by atomic mass is 10.2. The molecule has 2 heterocycles. The van der Waals surface area contributed by atoms with Gasteiger partial charge in [0.25, 0.3) is 0 Å². The molecule has 98 valence electrons. The summed E-state index contributed by atoms with van der Waals surface area (Å²) in [7, 11) is 0. The van der Waals surface area contributed by atoms with Crippen molar-refractivity contribution < 1.29 is 9.13 Å². The average molecular weight is 324 g/mol. The molecule has 0 saturated carbocycles. The number of ether oxygens (including phenoxy) is 1. The molecule has 1 aliphatic rings. The molecule has 0 unspecified atom stereocenters. The number of fused-ring (bicyclic) bond motifs is 1. The largest absolute Gasteiger partial charge is 0.489 e. The summed E-state index contributed by atoms with van der Waals surface area (Å²) in [6.07, 6.45) is 3.43. The molecule has 0 N–H and O–H groups in total.